The Morgan fingerprint density at radius 2 is 2.09 bits per heavy atom. The van der Waals surface area contributed by atoms with Gasteiger partial charge < -0.3 is 10.2 Å². The van der Waals surface area contributed by atoms with Crippen molar-refractivity contribution in [3.8, 4) is 0 Å². The molecule has 23 heavy (non-hydrogen) atoms. The van der Waals surface area contributed by atoms with Gasteiger partial charge in [-0.2, -0.15) is 0 Å². The monoisotopic (exact) mass is 317 g/mol. The second-order valence-electron chi connectivity index (χ2n) is 4.97. The van der Waals surface area contributed by atoms with Crippen molar-refractivity contribution in [2.75, 3.05) is 17.3 Å². The first kappa shape index (κ1) is 18.7. The van der Waals surface area contributed by atoms with Gasteiger partial charge in [-0.1, -0.05) is 39.5 Å². The molecule has 1 aromatic rings. The van der Waals surface area contributed by atoms with Crippen molar-refractivity contribution >= 4 is 23.2 Å². The van der Waals surface area contributed by atoms with E-state index >= 15 is 0 Å². The number of amides is 2. The van der Waals surface area contributed by atoms with Crippen molar-refractivity contribution in [1.82, 2.24) is 5.32 Å². The number of para-hydroxylation sites is 1. The number of imide groups is 1. The maximum Gasteiger partial charge on any atom is 0.249 e. The molecule has 1 aromatic carbocycles. The maximum absolute atomic E-state index is 12.1. The normalized spacial score (nSPS) is 16.8. The van der Waals surface area contributed by atoms with Crippen LogP contribution in [0.5, 0.6) is 0 Å². The number of nitrogens with zero attached hydrogens (tertiary/aromatic N) is 1. The molecular formula is C18H27N3O2. The molecule has 5 heteroatoms. The molecule has 1 fully saturated rings. The van der Waals surface area contributed by atoms with Gasteiger partial charge in [-0.05, 0) is 30.7 Å². The van der Waals surface area contributed by atoms with Crippen molar-refractivity contribution in [2.24, 2.45) is 0 Å². The maximum atomic E-state index is 12.1. The van der Waals surface area contributed by atoms with Crippen LogP contribution < -0.4 is 15.5 Å². The molecule has 0 spiro atoms. The first-order valence-corrected chi connectivity index (χ1v) is 8.16. The third-order valence-corrected chi connectivity index (χ3v) is 3.78. The molecule has 1 aliphatic heterocycles. The third-order valence-electron chi connectivity index (χ3n) is 3.78. The Morgan fingerprint density at radius 1 is 1.39 bits per heavy atom. The van der Waals surface area contributed by atoms with Crippen LogP contribution in [0, 0.1) is 0 Å². The lowest BCUT2D eigenvalue weighted by Gasteiger charge is -2.33. The Morgan fingerprint density at radius 3 is 2.61 bits per heavy atom. The van der Waals surface area contributed by atoms with Crippen LogP contribution in [0.25, 0.3) is 0 Å². The van der Waals surface area contributed by atoms with Gasteiger partial charge >= 0.3 is 0 Å². The first-order valence-electron chi connectivity index (χ1n) is 8.16. The van der Waals surface area contributed by atoms with Crippen molar-refractivity contribution in [3.63, 3.8) is 0 Å². The van der Waals surface area contributed by atoms with Gasteiger partial charge in [-0.15, -0.1) is 0 Å². The fourth-order valence-electron chi connectivity index (χ4n) is 2.73. The third kappa shape index (κ3) is 4.12. The van der Waals surface area contributed by atoms with Crippen molar-refractivity contribution in [1.29, 1.82) is 0 Å². The fraction of sp³-hybridized carbons (Fsp3) is 0.444. The Balaban J connectivity index is 0.00000127. The van der Waals surface area contributed by atoms with E-state index in [1.54, 1.807) is 6.20 Å². The Labute approximate surface area is 138 Å². The first-order chi connectivity index (χ1) is 11.1. The molecule has 1 aliphatic rings. The Hall–Kier alpha value is -2.30. The summed E-state index contributed by atoms with van der Waals surface area (Å²) in [4.78, 5) is 25.2. The lowest BCUT2D eigenvalue weighted by Crippen LogP contribution is -2.51. The van der Waals surface area contributed by atoms with Crippen LogP contribution >= 0.6 is 0 Å². The van der Waals surface area contributed by atoms with Gasteiger partial charge in [0.25, 0.3) is 0 Å². The van der Waals surface area contributed by atoms with E-state index in [2.05, 4.69) is 30.2 Å². The summed E-state index contributed by atoms with van der Waals surface area (Å²) < 4.78 is 0. The molecular weight excluding hydrogens is 290 g/mol. The zero-order chi connectivity index (χ0) is 17.4. The van der Waals surface area contributed by atoms with Crippen LogP contribution in [0.2, 0.25) is 0 Å². The molecule has 2 N–H and O–H groups in total. The number of benzene rings is 1. The molecule has 2 rings (SSSR count). The van der Waals surface area contributed by atoms with Gasteiger partial charge in [0, 0.05) is 13.5 Å². The highest BCUT2D eigenvalue weighted by molar-refractivity contribution is 6.02. The number of hydrogen-bond donors (Lipinski definition) is 2. The number of carbonyl (C=O) groups is 2. The van der Waals surface area contributed by atoms with E-state index in [1.807, 2.05) is 37.9 Å². The van der Waals surface area contributed by atoms with E-state index < -0.39 is 6.04 Å². The smallest absolute Gasteiger partial charge is 0.249 e. The van der Waals surface area contributed by atoms with E-state index in [0.717, 1.165) is 17.8 Å². The molecule has 1 atom stereocenters. The lowest BCUT2D eigenvalue weighted by molar-refractivity contribution is -0.134. The number of piperidine rings is 1. The van der Waals surface area contributed by atoms with Crippen LogP contribution in [0.1, 0.15) is 39.2 Å². The average molecular weight is 317 g/mol. The van der Waals surface area contributed by atoms with Crippen LogP contribution in [0.4, 0.5) is 11.4 Å². The van der Waals surface area contributed by atoms with Gasteiger partial charge in [0.05, 0.1) is 11.4 Å². The van der Waals surface area contributed by atoms with Crippen LogP contribution in [0.15, 0.2) is 31.0 Å². The molecule has 5 nitrogen and oxygen atoms in total. The highest BCUT2D eigenvalue weighted by atomic mass is 16.2. The van der Waals surface area contributed by atoms with Gasteiger partial charge in [-0.3, -0.25) is 14.9 Å². The summed E-state index contributed by atoms with van der Waals surface area (Å²) in [5.74, 6) is -0.480. The minimum atomic E-state index is -0.403. The summed E-state index contributed by atoms with van der Waals surface area (Å²) in [7, 11) is 1.86. The summed E-state index contributed by atoms with van der Waals surface area (Å²) in [6.07, 6.45) is 3.39. The molecule has 0 saturated carbocycles. The predicted octanol–water partition coefficient (Wildman–Crippen LogP) is 3.07. The number of aryl methyl sites for hydroxylation is 1. The second kappa shape index (κ2) is 8.98. The van der Waals surface area contributed by atoms with Gasteiger partial charge in [-0.25, -0.2) is 0 Å². The Bertz CT molecular complexity index is 569. The molecule has 0 aliphatic carbocycles. The van der Waals surface area contributed by atoms with E-state index in [1.165, 1.54) is 5.56 Å². The molecule has 1 saturated heterocycles. The van der Waals surface area contributed by atoms with E-state index in [0.29, 0.717) is 12.8 Å². The molecule has 0 bridgehead atoms. The summed E-state index contributed by atoms with van der Waals surface area (Å²) in [6, 6.07) is 5.58. The number of nitrogens with one attached hydrogen (secondary N) is 2. The lowest BCUT2D eigenvalue weighted by atomic mass is 10.0. The Kier molecular flexibility index (Phi) is 7.32. The minimum absolute atomic E-state index is 0.212. The quantitative estimate of drug-likeness (QED) is 0.819. The van der Waals surface area contributed by atoms with E-state index in [4.69, 9.17) is 0 Å². The molecule has 2 amide bonds. The number of anilines is 2. The number of rotatable bonds is 5. The van der Waals surface area contributed by atoms with E-state index in [-0.39, 0.29) is 11.8 Å². The molecule has 0 aromatic heterocycles. The average Bonchev–Trinajstić information content (AvgIpc) is 2.58. The molecule has 1 unspecified atom stereocenters. The fourth-order valence-corrected chi connectivity index (χ4v) is 2.73. The standard InChI is InChI=1S/C16H21N3O2.C2H6/c1-4-11-7-6-8-12(15(11)17-3)19(5-2)13-9-10-14(20)18-16(13)21;1-2/h5-8,13,17H,2,4,9-10H2,1,3H3,(H,18,20,21);1-2H3. The SMILES string of the molecule is C=CN(c1cccc(CC)c1NC)C1CCC(=O)NC1=O.CC. The zero-order valence-corrected chi connectivity index (χ0v) is 14.5. The molecule has 126 valence electrons. The second-order valence-corrected chi connectivity index (χ2v) is 4.97. The largest absolute Gasteiger partial charge is 0.386 e. The van der Waals surface area contributed by atoms with E-state index in [9.17, 15) is 9.59 Å². The zero-order valence-electron chi connectivity index (χ0n) is 14.5. The van der Waals surface area contributed by atoms with Crippen LogP contribution in [0.3, 0.4) is 0 Å². The predicted molar refractivity (Wildman–Crippen MR) is 95.6 cm³/mol. The summed E-state index contributed by atoms with van der Waals surface area (Å²) in [5, 5.41) is 5.60. The van der Waals surface area contributed by atoms with Crippen LogP contribution in [-0.2, 0) is 16.0 Å². The topological polar surface area (TPSA) is 61.4 Å². The number of hydrogen-bond acceptors (Lipinski definition) is 4. The van der Waals surface area contributed by atoms with Crippen LogP contribution in [-0.4, -0.2) is 24.9 Å². The van der Waals surface area contributed by atoms with Crippen molar-refractivity contribution in [3.05, 3.63) is 36.5 Å². The van der Waals surface area contributed by atoms with Gasteiger partial charge in [0.1, 0.15) is 6.04 Å². The number of carbonyl (C=O) groups excluding carboxylic acids is 2. The highest BCUT2D eigenvalue weighted by Crippen LogP contribution is 2.32. The summed E-state index contributed by atoms with van der Waals surface area (Å²) >= 11 is 0. The summed E-state index contributed by atoms with van der Waals surface area (Å²) in [5.41, 5.74) is 3.07. The minimum Gasteiger partial charge on any atom is -0.386 e. The van der Waals surface area contributed by atoms with Crippen molar-refractivity contribution < 1.29 is 9.59 Å². The van der Waals surface area contributed by atoms with Crippen molar-refractivity contribution in [2.45, 2.75) is 46.1 Å². The molecule has 1 heterocycles. The highest BCUT2D eigenvalue weighted by Gasteiger charge is 2.31. The molecule has 0 radical (unpaired) electrons. The van der Waals surface area contributed by atoms with Gasteiger partial charge in [0.2, 0.25) is 11.8 Å². The van der Waals surface area contributed by atoms with Gasteiger partial charge in [0.15, 0.2) is 0 Å². The summed E-state index contributed by atoms with van der Waals surface area (Å²) in [6.45, 7) is 9.92.